The van der Waals surface area contributed by atoms with Crippen LogP contribution in [0.2, 0.25) is 19.6 Å². The van der Waals surface area contributed by atoms with Crippen LogP contribution in [0.3, 0.4) is 0 Å². The van der Waals surface area contributed by atoms with Gasteiger partial charge in [0.2, 0.25) is 0 Å². The van der Waals surface area contributed by atoms with Crippen molar-refractivity contribution in [2.24, 2.45) is 0 Å². The molecule has 0 aromatic rings. The first-order valence-corrected chi connectivity index (χ1v) is 7.84. The molecule has 0 unspecified atom stereocenters. The Hall–Kier alpha value is -0.353. The van der Waals surface area contributed by atoms with Crippen molar-refractivity contribution in [3.8, 4) is 0 Å². The van der Waals surface area contributed by atoms with Gasteiger partial charge in [0.1, 0.15) is 0 Å². The van der Waals surface area contributed by atoms with Crippen LogP contribution in [0.5, 0.6) is 0 Å². The molecule has 0 bridgehead atoms. The van der Waals surface area contributed by atoms with Gasteiger partial charge in [0, 0.05) is 0 Å². The fourth-order valence-electron chi connectivity index (χ4n) is 1.28. The maximum atomic E-state index is 11.0. The van der Waals surface area contributed by atoms with Gasteiger partial charge in [0.25, 0.3) is 0 Å². The highest BCUT2D eigenvalue weighted by Gasteiger charge is 2.29. The number of esters is 1. The zero-order chi connectivity index (χ0) is 10.7. The molecule has 0 saturated heterocycles. The molecule has 0 rings (SSSR count). The minimum atomic E-state index is -1.58. The van der Waals surface area contributed by atoms with E-state index in [-0.39, 0.29) is 5.97 Å². The third-order valence-corrected chi connectivity index (χ3v) is 2.55. The van der Waals surface area contributed by atoms with Gasteiger partial charge in [0.15, 0.2) is 8.32 Å². The summed E-state index contributed by atoms with van der Waals surface area (Å²) in [7, 11) is -0.184. The van der Waals surface area contributed by atoms with E-state index in [2.05, 4.69) is 24.4 Å². The van der Waals surface area contributed by atoms with Crippen LogP contribution in [0, 0.1) is 0 Å². The lowest BCUT2D eigenvalue weighted by atomic mass is 10.1. The number of rotatable bonds is 4. The zero-order valence-corrected chi connectivity index (χ0v) is 10.4. The summed E-state index contributed by atoms with van der Waals surface area (Å²) in [6, 6.07) is 0. The molecule has 0 spiro atoms. The summed E-state index contributed by atoms with van der Waals surface area (Å²) in [6.07, 6.45) is 0.313. The van der Waals surface area contributed by atoms with Crippen molar-refractivity contribution in [1.29, 1.82) is 0 Å². The molecule has 0 aromatic heterocycles. The van der Waals surface area contributed by atoms with Gasteiger partial charge in [-0.3, -0.25) is 4.79 Å². The van der Waals surface area contributed by atoms with Crippen molar-refractivity contribution >= 4 is 14.3 Å². The van der Waals surface area contributed by atoms with Crippen LogP contribution in [-0.2, 0) is 14.0 Å². The van der Waals surface area contributed by atoms with E-state index in [0.29, 0.717) is 6.42 Å². The number of methoxy groups -OCH3 is 1. The molecule has 13 heavy (non-hydrogen) atoms. The van der Waals surface area contributed by atoms with Crippen LogP contribution >= 0.6 is 0 Å². The smallest absolute Gasteiger partial charge is 0.308 e. The van der Waals surface area contributed by atoms with Crippen molar-refractivity contribution in [2.45, 2.75) is 45.5 Å². The Labute approximate surface area is 81.6 Å². The number of carbonyl (C=O) groups excluding carboxylic acids is 1. The summed E-state index contributed by atoms with van der Waals surface area (Å²) in [4.78, 5) is 11.0. The topological polar surface area (TPSA) is 35.5 Å². The minimum Gasteiger partial charge on any atom is -0.469 e. The Bertz CT molecular complexity index is 182. The number of hydrogen-bond acceptors (Lipinski definition) is 3. The van der Waals surface area contributed by atoms with Crippen molar-refractivity contribution in [3.05, 3.63) is 0 Å². The highest BCUT2D eigenvalue weighted by Crippen LogP contribution is 2.21. The van der Waals surface area contributed by atoms with E-state index < -0.39 is 13.9 Å². The van der Waals surface area contributed by atoms with E-state index in [9.17, 15) is 4.79 Å². The lowest BCUT2D eigenvalue weighted by Crippen LogP contribution is -2.40. The summed E-state index contributed by atoms with van der Waals surface area (Å²) in [6.45, 7) is 10.1. The van der Waals surface area contributed by atoms with E-state index in [1.807, 2.05) is 13.8 Å². The van der Waals surface area contributed by atoms with E-state index >= 15 is 0 Å². The maximum Gasteiger partial charge on any atom is 0.308 e. The molecule has 0 aliphatic carbocycles. The third-order valence-electron chi connectivity index (χ3n) is 1.38. The minimum absolute atomic E-state index is 0.219. The quantitative estimate of drug-likeness (QED) is 0.520. The second-order valence-corrected chi connectivity index (χ2v) is 9.16. The fraction of sp³-hybridized carbons (Fsp3) is 0.889. The Morgan fingerprint density at radius 3 is 2.08 bits per heavy atom. The third kappa shape index (κ3) is 6.78. The SMILES string of the molecule is COC(=O)CC(C)(C)O[Si](C)(C)C. The zero-order valence-electron chi connectivity index (χ0n) is 9.43. The lowest BCUT2D eigenvalue weighted by molar-refractivity contribution is -0.144. The van der Waals surface area contributed by atoms with E-state index in [1.54, 1.807) is 0 Å². The molecular weight excluding hydrogens is 184 g/mol. The average Bonchev–Trinajstić information content (AvgIpc) is 1.80. The normalized spacial score (nSPS) is 12.8. The largest absolute Gasteiger partial charge is 0.469 e. The van der Waals surface area contributed by atoms with E-state index in [1.165, 1.54) is 7.11 Å². The molecule has 0 radical (unpaired) electrons. The molecule has 0 fully saturated rings. The molecule has 0 amide bonds. The van der Waals surface area contributed by atoms with Gasteiger partial charge in [-0.2, -0.15) is 0 Å². The van der Waals surface area contributed by atoms with E-state index in [4.69, 9.17) is 4.43 Å². The van der Waals surface area contributed by atoms with Crippen LogP contribution in [0.1, 0.15) is 20.3 Å². The first-order chi connectivity index (χ1) is 5.66. The number of carbonyl (C=O) groups is 1. The molecule has 3 nitrogen and oxygen atoms in total. The maximum absolute atomic E-state index is 11.0. The Kier molecular flexibility index (Phi) is 4.12. The number of hydrogen-bond donors (Lipinski definition) is 0. The van der Waals surface area contributed by atoms with Gasteiger partial charge in [0.05, 0.1) is 19.1 Å². The van der Waals surface area contributed by atoms with Crippen LogP contribution in [-0.4, -0.2) is 27.0 Å². The first-order valence-electron chi connectivity index (χ1n) is 4.43. The van der Waals surface area contributed by atoms with Crippen LogP contribution in [0.4, 0.5) is 0 Å². The molecule has 0 aromatic carbocycles. The van der Waals surface area contributed by atoms with Crippen LogP contribution in [0.25, 0.3) is 0 Å². The lowest BCUT2D eigenvalue weighted by Gasteiger charge is -2.32. The second kappa shape index (κ2) is 4.24. The molecule has 0 heterocycles. The van der Waals surface area contributed by atoms with Gasteiger partial charge in [-0.1, -0.05) is 0 Å². The van der Waals surface area contributed by atoms with Crippen LogP contribution in [0.15, 0.2) is 0 Å². The predicted molar refractivity (Wildman–Crippen MR) is 55.1 cm³/mol. The second-order valence-electron chi connectivity index (χ2n) is 4.73. The first kappa shape index (κ1) is 12.6. The molecule has 0 aliphatic heterocycles. The monoisotopic (exact) mass is 204 g/mol. The number of ether oxygens (including phenoxy) is 1. The summed E-state index contributed by atoms with van der Waals surface area (Å²) < 4.78 is 10.4. The molecule has 0 saturated carbocycles. The summed E-state index contributed by atoms with van der Waals surface area (Å²) in [5.41, 5.74) is -0.405. The molecule has 78 valence electrons. The molecule has 0 aliphatic rings. The standard InChI is InChI=1S/C9H20O3Si/c1-9(2,7-8(10)11-3)12-13(4,5)6/h7H2,1-6H3. The highest BCUT2D eigenvalue weighted by molar-refractivity contribution is 6.69. The van der Waals surface area contributed by atoms with Gasteiger partial charge in [-0.25, -0.2) is 0 Å². The van der Waals surface area contributed by atoms with Crippen molar-refractivity contribution in [3.63, 3.8) is 0 Å². The van der Waals surface area contributed by atoms with Crippen LogP contribution < -0.4 is 0 Å². The summed E-state index contributed by atoms with van der Waals surface area (Å²) >= 11 is 0. The van der Waals surface area contributed by atoms with Gasteiger partial charge >= 0.3 is 5.97 Å². The Morgan fingerprint density at radius 1 is 1.31 bits per heavy atom. The van der Waals surface area contributed by atoms with Crippen molar-refractivity contribution in [2.75, 3.05) is 7.11 Å². The van der Waals surface area contributed by atoms with Crippen molar-refractivity contribution in [1.82, 2.24) is 0 Å². The van der Waals surface area contributed by atoms with Gasteiger partial charge in [-0.05, 0) is 33.5 Å². The summed E-state index contributed by atoms with van der Waals surface area (Å²) in [5.74, 6) is -0.219. The van der Waals surface area contributed by atoms with Gasteiger partial charge < -0.3 is 9.16 Å². The Balaban J connectivity index is 4.16. The summed E-state index contributed by atoms with van der Waals surface area (Å²) in [5, 5.41) is 0. The molecule has 0 N–H and O–H groups in total. The molecular formula is C9H20O3Si. The average molecular weight is 204 g/mol. The Morgan fingerprint density at radius 2 is 1.77 bits per heavy atom. The van der Waals surface area contributed by atoms with E-state index in [0.717, 1.165) is 0 Å². The molecule has 4 heteroatoms. The predicted octanol–water partition coefficient (Wildman–Crippen LogP) is 2.18. The molecule has 0 atom stereocenters. The van der Waals surface area contributed by atoms with Gasteiger partial charge in [-0.15, -0.1) is 0 Å². The van der Waals surface area contributed by atoms with Crippen molar-refractivity contribution < 1.29 is 14.0 Å². The highest BCUT2D eigenvalue weighted by atomic mass is 28.4. The fourth-order valence-corrected chi connectivity index (χ4v) is 3.01.